The predicted octanol–water partition coefficient (Wildman–Crippen LogP) is 1.89. The summed E-state index contributed by atoms with van der Waals surface area (Å²) in [7, 11) is 0. The number of fused-ring (bicyclic) bond motifs is 3. The minimum atomic E-state index is 0.795. The maximum absolute atomic E-state index is 4.36. The van der Waals surface area contributed by atoms with Crippen LogP contribution in [0.15, 0.2) is 24.4 Å². The Hall–Kier alpha value is -1.97. The van der Waals surface area contributed by atoms with Crippen molar-refractivity contribution in [2.24, 2.45) is 0 Å². The summed E-state index contributed by atoms with van der Waals surface area (Å²) in [6.45, 7) is 4.00. The van der Waals surface area contributed by atoms with Crippen molar-refractivity contribution in [3.63, 3.8) is 0 Å². The Morgan fingerprint density at radius 2 is 2.00 bits per heavy atom. The van der Waals surface area contributed by atoms with Crippen LogP contribution < -0.4 is 0 Å². The molecule has 3 aromatic rings. The average Bonchev–Trinajstić information content (AvgIpc) is 2.60. The normalized spacial score (nSPS) is 11.3. The summed E-state index contributed by atoms with van der Waals surface area (Å²) in [5, 5.41) is 8.08. The number of hydrogen-bond donors (Lipinski definition) is 0. The van der Waals surface area contributed by atoms with Crippen molar-refractivity contribution in [1.82, 2.24) is 19.6 Å². The van der Waals surface area contributed by atoms with Crippen LogP contribution in [0, 0.1) is 13.8 Å². The molecule has 4 heteroatoms. The molecule has 0 saturated carbocycles. The number of benzene rings is 1. The molecule has 0 radical (unpaired) electrons. The lowest BCUT2D eigenvalue weighted by Gasteiger charge is -2.02. The monoisotopic (exact) mass is 198 g/mol. The maximum atomic E-state index is 4.36. The molecule has 2 heterocycles. The molecule has 0 atom stereocenters. The van der Waals surface area contributed by atoms with Gasteiger partial charge in [0.1, 0.15) is 5.82 Å². The molecule has 0 aliphatic heterocycles. The maximum Gasteiger partial charge on any atom is 0.179 e. The van der Waals surface area contributed by atoms with Gasteiger partial charge in [0.25, 0.3) is 0 Å². The second kappa shape index (κ2) is 2.76. The molecule has 4 nitrogen and oxygen atoms in total. The molecule has 0 saturated heterocycles. The third-order valence-electron chi connectivity index (χ3n) is 2.54. The summed E-state index contributed by atoms with van der Waals surface area (Å²) in [5.74, 6) is 0.890. The van der Waals surface area contributed by atoms with E-state index < -0.39 is 0 Å². The van der Waals surface area contributed by atoms with E-state index in [1.165, 1.54) is 5.56 Å². The van der Waals surface area contributed by atoms with Crippen LogP contribution in [0.1, 0.15) is 11.4 Å². The van der Waals surface area contributed by atoms with Crippen molar-refractivity contribution < 1.29 is 0 Å². The van der Waals surface area contributed by atoms with Gasteiger partial charge >= 0.3 is 0 Å². The van der Waals surface area contributed by atoms with E-state index in [1.54, 1.807) is 6.20 Å². The molecule has 3 rings (SSSR count). The third-order valence-corrected chi connectivity index (χ3v) is 2.54. The lowest BCUT2D eigenvalue weighted by atomic mass is 10.2. The van der Waals surface area contributed by atoms with Crippen molar-refractivity contribution in [2.45, 2.75) is 13.8 Å². The smallest absolute Gasteiger partial charge is 0.179 e. The van der Waals surface area contributed by atoms with E-state index in [1.807, 2.05) is 11.3 Å². The molecule has 0 unspecified atom stereocenters. The summed E-state index contributed by atoms with van der Waals surface area (Å²) in [6, 6.07) is 6.19. The summed E-state index contributed by atoms with van der Waals surface area (Å²) < 4.78 is 2.02. The highest BCUT2D eigenvalue weighted by atomic mass is 15.2. The zero-order valence-electron chi connectivity index (χ0n) is 8.60. The molecule has 0 N–H and O–H groups in total. The van der Waals surface area contributed by atoms with Crippen molar-refractivity contribution in [3.05, 3.63) is 35.8 Å². The Morgan fingerprint density at radius 1 is 1.13 bits per heavy atom. The van der Waals surface area contributed by atoms with Crippen LogP contribution in [-0.2, 0) is 0 Å². The van der Waals surface area contributed by atoms with Gasteiger partial charge in [-0.15, -0.1) is 10.2 Å². The van der Waals surface area contributed by atoms with Gasteiger partial charge in [0.05, 0.1) is 17.2 Å². The van der Waals surface area contributed by atoms with Crippen LogP contribution >= 0.6 is 0 Å². The predicted molar refractivity (Wildman–Crippen MR) is 57.8 cm³/mol. The standard InChI is InChI=1S/C11H10N4/c1-7-3-4-10-9(5-7)12-6-11-14-13-8(2)15(10)11/h3-6H,1-2H3. The first-order valence-corrected chi connectivity index (χ1v) is 4.83. The summed E-state index contributed by atoms with van der Waals surface area (Å²) in [6.07, 6.45) is 1.75. The highest BCUT2D eigenvalue weighted by Crippen LogP contribution is 2.15. The number of nitrogens with zero attached hydrogens (tertiary/aromatic N) is 4. The van der Waals surface area contributed by atoms with Gasteiger partial charge in [-0.1, -0.05) is 6.07 Å². The molecule has 15 heavy (non-hydrogen) atoms. The zero-order valence-corrected chi connectivity index (χ0v) is 8.60. The molecule has 0 spiro atoms. The number of hydrogen-bond acceptors (Lipinski definition) is 3. The number of aromatic nitrogens is 4. The Labute approximate surface area is 86.6 Å². The topological polar surface area (TPSA) is 43.1 Å². The largest absolute Gasteiger partial charge is 0.276 e. The molecule has 0 aliphatic rings. The molecular formula is C11H10N4. The highest BCUT2D eigenvalue weighted by Gasteiger charge is 2.05. The van der Waals surface area contributed by atoms with Crippen LogP contribution in [0.2, 0.25) is 0 Å². The molecular weight excluding hydrogens is 188 g/mol. The van der Waals surface area contributed by atoms with E-state index >= 15 is 0 Å². The number of rotatable bonds is 0. The highest BCUT2D eigenvalue weighted by molar-refractivity contribution is 5.78. The molecule has 2 aromatic heterocycles. The Morgan fingerprint density at radius 3 is 2.87 bits per heavy atom. The van der Waals surface area contributed by atoms with Crippen LogP contribution in [0.3, 0.4) is 0 Å². The summed E-state index contributed by atoms with van der Waals surface area (Å²) >= 11 is 0. The summed E-state index contributed by atoms with van der Waals surface area (Å²) in [5.41, 5.74) is 4.04. The van der Waals surface area contributed by atoms with E-state index in [-0.39, 0.29) is 0 Å². The second-order valence-corrected chi connectivity index (χ2v) is 3.69. The van der Waals surface area contributed by atoms with Gasteiger partial charge in [-0.05, 0) is 31.5 Å². The lowest BCUT2D eigenvalue weighted by molar-refractivity contribution is 1.02. The van der Waals surface area contributed by atoms with Crippen molar-refractivity contribution in [2.75, 3.05) is 0 Å². The molecule has 1 aromatic carbocycles. The van der Waals surface area contributed by atoms with Crippen LogP contribution in [0.5, 0.6) is 0 Å². The van der Waals surface area contributed by atoms with Crippen LogP contribution in [0.4, 0.5) is 0 Å². The molecule has 0 bridgehead atoms. The van der Waals surface area contributed by atoms with Gasteiger partial charge in [0, 0.05) is 0 Å². The lowest BCUT2D eigenvalue weighted by Crippen LogP contribution is -1.93. The number of aryl methyl sites for hydroxylation is 2. The van der Waals surface area contributed by atoms with E-state index in [0.717, 1.165) is 22.5 Å². The summed E-state index contributed by atoms with van der Waals surface area (Å²) in [4.78, 5) is 4.36. The molecule has 74 valence electrons. The Balaban J connectivity index is 2.58. The van der Waals surface area contributed by atoms with Gasteiger partial charge in [-0.25, -0.2) is 0 Å². The second-order valence-electron chi connectivity index (χ2n) is 3.69. The first-order valence-electron chi connectivity index (χ1n) is 4.83. The van der Waals surface area contributed by atoms with Crippen molar-refractivity contribution >= 4 is 16.7 Å². The van der Waals surface area contributed by atoms with E-state index in [0.29, 0.717) is 0 Å². The van der Waals surface area contributed by atoms with Gasteiger partial charge in [-0.2, -0.15) is 0 Å². The van der Waals surface area contributed by atoms with Gasteiger partial charge in [0.2, 0.25) is 0 Å². The average molecular weight is 198 g/mol. The van der Waals surface area contributed by atoms with Crippen molar-refractivity contribution in [3.8, 4) is 0 Å². The Kier molecular flexibility index (Phi) is 1.54. The fraction of sp³-hybridized carbons (Fsp3) is 0.182. The van der Waals surface area contributed by atoms with Crippen molar-refractivity contribution in [1.29, 1.82) is 0 Å². The van der Waals surface area contributed by atoms with E-state index in [9.17, 15) is 0 Å². The Bertz CT molecular complexity index is 654. The van der Waals surface area contributed by atoms with Gasteiger partial charge in [0.15, 0.2) is 5.65 Å². The third kappa shape index (κ3) is 1.11. The quantitative estimate of drug-likeness (QED) is 0.554. The molecule has 0 fully saturated rings. The van der Waals surface area contributed by atoms with Crippen LogP contribution in [-0.4, -0.2) is 19.6 Å². The minimum Gasteiger partial charge on any atom is -0.276 e. The van der Waals surface area contributed by atoms with Crippen LogP contribution in [0.25, 0.3) is 16.7 Å². The zero-order chi connectivity index (χ0) is 10.4. The van der Waals surface area contributed by atoms with Gasteiger partial charge < -0.3 is 0 Å². The molecule has 0 aliphatic carbocycles. The fourth-order valence-corrected chi connectivity index (χ4v) is 1.81. The SMILES string of the molecule is Cc1ccc2c(c1)ncc1nnc(C)n12. The van der Waals surface area contributed by atoms with Gasteiger partial charge in [-0.3, -0.25) is 9.38 Å². The fourth-order valence-electron chi connectivity index (χ4n) is 1.81. The first kappa shape index (κ1) is 8.35. The molecule has 0 amide bonds. The van der Waals surface area contributed by atoms with E-state index in [2.05, 4.69) is 40.3 Å². The minimum absolute atomic E-state index is 0.795. The first-order chi connectivity index (χ1) is 7.25. The van der Waals surface area contributed by atoms with E-state index in [4.69, 9.17) is 0 Å².